The van der Waals surface area contributed by atoms with Crippen molar-refractivity contribution in [2.75, 3.05) is 0 Å². The average molecular weight is 416 g/mol. The molecule has 2 aromatic rings. The van der Waals surface area contributed by atoms with Gasteiger partial charge in [-0.2, -0.15) is 21.6 Å². The SMILES string of the molecule is CC(OC(=O)c1ccccc1)C(C)C(OS(=O)(=O)c1ccccc1)C(F)(F)F. The van der Waals surface area contributed by atoms with E-state index in [1.54, 1.807) is 18.2 Å². The molecule has 0 aliphatic heterocycles. The second-order valence-electron chi connectivity index (χ2n) is 6.16. The Balaban J connectivity index is 2.19. The molecule has 2 rings (SSSR count). The largest absolute Gasteiger partial charge is 0.459 e. The lowest BCUT2D eigenvalue weighted by Crippen LogP contribution is -2.44. The summed E-state index contributed by atoms with van der Waals surface area (Å²) in [6.07, 6.45) is -8.93. The highest BCUT2D eigenvalue weighted by atomic mass is 32.2. The Bertz CT molecular complexity index is 883. The van der Waals surface area contributed by atoms with Crippen LogP contribution < -0.4 is 0 Å². The van der Waals surface area contributed by atoms with Gasteiger partial charge in [-0.3, -0.25) is 4.18 Å². The summed E-state index contributed by atoms with van der Waals surface area (Å²) >= 11 is 0. The molecule has 28 heavy (non-hydrogen) atoms. The lowest BCUT2D eigenvalue weighted by molar-refractivity contribution is -0.215. The number of hydrogen-bond acceptors (Lipinski definition) is 5. The second-order valence-corrected chi connectivity index (χ2v) is 7.73. The van der Waals surface area contributed by atoms with Crippen LogP contribution in [0.25, 0.3) is 0 Å². The summed E-state index contributed by atoms with van der Waals surface area (Å²) in [5.74, 6) is -2.29. The fourth-order valence-corrected chi connectivity index (χ4v) is 3.54. The zero-order valence-corrected chi connectivity index (χ0v) is 15.9. The highest BCUT2D eigenvalue weighted by Gasteiger charge is 2.49. The van der Waals surface area contributed by atoms with E-state index in [-0.39, 0.29) is 5.56 Å². The van der Waals surface area contributed by atoms with Crippen LogP contribution in [0, 0.1) is 5.92 Å². The third-order valence-corrected chi connectivity index (χ3v) is 5.42. The van der Waals surface area contributed by atoms with E-state index in [1.807, 2.05) is 0 Å². The molecule has 0 spiro atoms. The Morgan fingerprint density at radius 1 is 0.929 bits per heavy atom. The van der Waals surface area contributed by atoms with E-state index in [0.29, 0.717) is 0 Å². The van der Waals surface area contributed by atoms with Crippen LogP contribution in [0.5, 0.6) is 0 Å². The van der Waals surface area contributed by atoms with E-state index in [1.165, 1.54) is 37.3 Å². The first-order valence-electron chi connectivity index (χ1n) is 8.33. The maximum Gasteiger partial charge on any atom is 0.416 e. The van der Waals surface area contributed by atoms with Crippen molar-refractivity contribution in [3.8, 4) is 0 Å². The standard InChI is InChI=1S/C19H19F3O5S/c1-13(14(2)26-18(23)15-9-5-3-6-10-15)17(19(20,21)22)27-28(24,25)16-11-7-4-8-12-16/h3-14,17H,1-2H3. The van der Waals surface area contributed by atoms with Crippen molar-refractivity contribution in [1.29, 1.82) is 0 Å². The molecule has 0 N–H and O–H groups in total. The number of halogens is 3. The van der Waals surface area contributed by atoms with E-state index in [9.17, 15) is 26.4 Å². The smallest absolute Gasteiger partial charge is 0.416 e. The lowest BCUT2D eigenvalue weighted by atomic mass is 9.98. The molecule has 0 aliphatic rings. The predicted octanol–water partition coefficient (Wildman–Crippen LogP) is 4.20. The molecule has 0 aromatic heterocycles. The van der Waals surface area contributed by atoms with Crippen molar-refractivity contribution in [1.82, 2.24) is 0 Å². The van der Waals surface area contributed by atoms with Crippen LogP contribution >= 0.6 is 0 Å². The number of alkyl halides is 3. The van der Waals surface area contributed by atoms with Gasteiger partial charge in [0.1, 0.15) is 6.10 Å². The first kappa shape index (κ1) is 21.9. The van der Waals surface area contributed by atoms with Gasteiger partial charge in [-0.1, -0.05) is 43.3 Å². The third-order valence-electron chi connectivity index (χ3n) is 4.11. The Morgan fingerprint density at radius 2 is 1.43 bits per heavy atom. The van der Waals surface area contributed by atoms with Gasteiger partial charge in [-0.15, -0.1) is 0 Å². The molecule has 0 aliphatic carbocycles. The number of hydrogen-bond donors (Lipinski definition) is 0. The molecule has 9 heteroatoms. The van der Waals surface area contributed by atoms with Gasteiger partial charge in [-0.25, -0.2) is 4.79 Å². The van der Waals surface area contributed by atoms with Crippen LogP contribution in [0.2, 0.25) is 0 Å². The maximum absolute atomic E-state index is 13.5. The van der Waals surface area contributed by atoms with Crippen LogP contribution in [0.4, 0.5) is 13.2 Å². The van der Waals surface area contributed by atoms with Crippen LogP contribution in [0.1, 0.15) is 24.2 Å². The van der Waals surface area contributed by atoms with Gasteiger partial charge in [0.05, 0.1) is 10.5 Å². The van der Waals surface area contributed by atoms with Gasteiger partial charge in [0.15, 0.2) is 6.10 Å². The molecule has 0 amide bonds. The highest BCUT2D eigenvalue weighted by Crippen LogP contribution is 2.33. The summed E-state index contributed by atoms with van der Waals surface area (Å²) in [4.78, 5) is 11.7. The molecule has 2 aromatic carbocycles. The summed E-state index contributed by atoms with van der Waals surface area (Å²) in [5.41, 5.74) is 0.169. The van der Waals surface area contributed by atoms with Gasteiger partial charge in [0.25, 0.3) is 10.1 Å². The molecule has 152 valence electrons. The van der Waals surface area contributed by atoms with Crippen LogP contribution in [0.3, 0.4) is 0 Å². The summed E-state index contributed by atoms with van der Waals surface area (Å²) in [7, 11) is -4.66. The summed E-state index contributed by atoms with van der Waals surface area (Å²) in [5, 5.41) is 0. The van der Waals surface area contributed by atoms with E-state index < -0.39 is 45.3 Å². The number of carbonyl (C=O) groups is 1. The number of carbonyl (C=O) groups excluding carboxylic acids is 1. The molecule has 3 unspecified atom stereocenters. The Morgan fingerprint density at radius 3 is 1.93 bits per heavy atom. The first-order valence-corrected chi connectivity index (χ1v) is 9.74. The molecular formula is C19H19F3O5S. The minimum Gasteiger partial charge on any atom is -0.459 e. The fraction of sp³-hybridized carbons (Fsp3) is 0.316. The molecule has 0 bridgehead atoms. The van der Waals surface area contributed by atoms with Gasteiger partial charge >= 0.3 is 12.1 Å². The van der Waals surface area contributed by atoms with Crippen molar-refractivity contribution in [3.05, 3.63) is 66.2 Å². The lowest BCUT2D eigenvalue weighted by Gasteiger charge is -2.29. The quantitative estimate of drug-likeness (QED) is 0.500. The maximum atomic E-state index is 13.5. The molecule has 0 saturated heterocycles. The molecule has 0 fully saturated rings. The van der Waals surface area contributed by atoms with Crippen LogP contribution in [0.15, 0.2) is 65.6 Å². The molecule has 5 nitrogen and oxygen atoms in total. The van der Waals surface area contributed by atoms with Gasteiger partial charge in [0.2, 0.25) is 0 Å². The normalized spacial score (nSPS) is 15.5. The zero-order chi connectivity index (χ0) is 20.9. The monoisotopic (exact) mass is 416 g/mol. The predicted molar refractivity (Wildman–Crippen MR) is 95.0 cm³/mol. The zero-order valence-electron chi connectivity index (χ0n) is 15.1. The van der Waals surface area contributed by atoms with E-state index in [4.69, 9.17) is 4.74 Å². The van der Waals surface area contributed by atoms with Crippen molar-refractivity contribution in [2.45, 2.75) is 37.1 Å². The third kappa shape index (κ3) is 5.56. The number of benzene rings is 2. The van der Waals surface area contributed by atoms with Crippen molar-refractivity contribution < 1.29 is 35.3 Å². The van der Waals surface area contributed by atoms with E-state index >= 15 is 0 Å². The van der Waals surface area contributed by atoms with Gasteiger partial charge < -0.3 is 4.74 Å². The molecule has 0 heterocycles. The topological polar surface area (TPSA) is 69.7 Å². The van der Waals surface area contributed by atoms with Crippen molar-refractivity contribution in [2.24, 2.45) is 5.92 Å². The van der Waals surface area contributed by atoms with Crippen molar-refractivity contribution >= 4 is 16.1 Å². The van der Waals surface area contributed by atoms with E-state index in [0.717, 1.165) is 19.1 Å². The summed E-state index contributed by atoms with van der Waals surface area (Å²) in [6.45, 7) is 2.37. The molecule has 0 saturated carbocycles. The number of rotatable bonds is 7. The van der Waals surface area contributed by atoms with E-state index in [2.05, 4.69) is 4.18 Å². The number of esters is 1. The molecule has 0 radical (unpaired) electrons. The highest BCUT2D eigenvalue weighted by molar-refractivity contribution is 7.86. The molecule has 3 atom stereocenters. The Kier molecular flexibility index (Phi) is 6.84. The van der Waals surface area contributed by atoms with Gasteiger partial charge in [0, 0.05) is 5.92 Å². The minimum atomic E-state index is -4.99. The van der Waals surface area contributed by atoms with Crippen molar-refractivity contribution in [3.63, 3.8) is 0 Å². The molecular weight excluding hydrogens is 397 g/mol. The number of ether oxygens (including phenoxy) is 1. The summed E-state index contributed by atoms with van der Waals surface area (Å²) < 4.78 is 74.6. The first-order chi connectivity index (χ1) is 13.0. The average Bonchev–Trinajstić information content (AvgIpc) is 2.66. The summed E-state index contributed by atoms with van der Waals surface area (Å²) in [6, 6.07) is 14.3. The Hall–Kier alpha value is -2.39. The van der Waals surface area contributed by atoms with Gasteiger partial charge in [-0.05, 0) is 31.2 Å². The second kappa shape index (κ2) is 8.74. The fourth-order valence-electron chi connectivity index (χ4n) is 2.38. The minimum absolute atomic E-state index is 0.169. The van der Waals surface area contributed by atoms with Crippen LogP contribution in [-0.4, -0.2) is 32.8 Å². The van der Waals surface area contributed by atoms with Crippen LogP contribution in [-0.2, 0) is 19.0 Å². The Labute approximate surface area is 161 Å².